The van der Waals surface area contributed by atoms with Crippen molar-refractivity contribution in [3.05, 3.63) is 58.7 Å². The van der Waals surface area contributed by atoms with Crippen LogP contribution < -0.4 is 0 Å². The Kier molecular flexibility index (Phi) is 5.55. The minimum Gasteiger partial charge on any atom is -0.478 e. The van der Waals surface area contributed by atoms with Crippen LogP contribution in [-0.2, 0) is 11.8 Å². The van der Waals surface area contributed by atoms with Crippen molar-refractivity contribution < 1.29 is 37.4 Å². The van der Waals surface area contributed by atoms with Crippen LogP contribution in [0.5, 0.6) is 0 Å². The van der Waals surface area contributed by atoms with Gasteiger partial charge in [0, 0.05) is 34.8 Å². The van der Waals surface area contributed by atoms with Crippen LogP contribution in [0, 0.1) is 0 Å². The van der Waals surface area contributed by atoms with Gasteiger partial charge in [-0.3, -0.25) is 0 Å². The van der Waals surface area contributed by atoms with Crippen molar-refractivity contribution in [1.82, 2.24) is 0 Å². The lowest BCUT2D eigenvalue weighted by atomic mass is 10.1. The second-order valence-electron chi connectivity index (χ2n) is 5.91. The summed E-state index contributed by atoms with van der Waals surface area (Å²) in [4.78, 5) is 22.9. The summed E-state index contributed by atoms with van der Waals surface area (Å²) in [7, 11) is 0. The normalized spacial score (nSPS) is 12.1. The van der Waals surface area contributed by atoms with Crippen molar-refractivity contribution in [3.8, 4) is 0 Å². The average Bonchev–Trinajstić information content (AvgIpc) is 2.53. The Morgan fingerprint density at radius 3 is 1.37 bits per heavy atom. The van der Waals surface area contributed by atoms with Crippen molar-refractivity contribution in [2.24, 2.45) is 0 Å². The lowest BCUT2D eigenvalue weighted by Gasteiger charge is -2.15. The first kappa shape index (κ1) is 20.8. The molecular weight excluding hydrogens is 388 g/mol. The van der Waals surface area contributed by atoms with Crippen LogP contribution in [-0.4, -0.2) is 22.2 Å². The SMILES string of the molecule is CC(F)(F)c1ccc(Sc2ccc(C(C)(F)F)cc2C(=O)O)c(C(=O)O)c1. The molecule has 0 spiro atoms. The Morgan fingerprint density at radius 1 is 0.778 bits per heavy atom. The summed E-state index contributed by atoms with van der Waals surface area (Å²) in [6.07, 6.45) is 0. The van der Waals surface area contributed by atoms with Gasteiger partial charge in [-0.05, 0) is 24.3 Å². The number of alkyl halides is 4. The zero-order valence-electron chi connectivity index (χ0n) is 14.1. The third-order valence-corrected chi connectivity index (χ3v) is 4.81. The van der Waals surface area contributed by atoms with Gasteiger partial charge in [0.25, 0.3) is 11.8 Å². The van der Waals surface area contributed by atoms with Gasteiger partial charge in [-0.1, -0.05) is 23.9 Å². The van der Waals surface area contributed by atoms with Crippen molar-refractivity contribution in [2.75, 3.05) is 0 Å². The predicted octanol–water partition coefficient (Wildman–Crippen LogP) is 5.46. The van der Waals surface area contributed by atoms with E-state index in [0.29, 0.717) is 25.6 Å². The summed E-state index contributed by atoms with van der Waals surface area (Å²) in [5.41, 5.74) is -1.91. The largest absolute Gasteiger partial charge is 0.478 e. The van der Waals surface area contributed by atoms with Crippen LogP contribution in [0.15, 0.2) is 46.2 Å². The highest BCUT2D eigenvalue weighted by molar-refractivity contribution is 7.99. The van der Waals surface area contributed by atoms with E-state index in [-0.39, 0.29) is 9.79 Å². The molecule has 0 amide bonds. The van der Waals surface area contributed by atoms with Gasteiger partial charge in [0.2, 0.25) is 0 Å². The summed E-state index contributed by atoms with van der Waals surface area (Å²) in [5.74, 6) is -9.46. The molecule has 0 saturated carbocycles. The molecule has 2 aromatic carbocycles. The fourth-order valence-electron chi connectivity index (χ4n) is 2.24. The van der Waals surface area contributed by atoms with Gasteiger partial charge in [-0.15, -0.1) is 0 Å². The number of halogens is 4. The maximum Gasteiger partial charge on any atom is 0.336 e. The molecule has 0 unspecified atom stereocenters. The highest BCUT2D eigenvalue weighted by atomic mass is 32.2. The van der Waals surface area contributed by atoms with Gasteiger partial charge in [0.1, 0.15) is 0 Å². The highest BCUT2D eigenvalue weighted by Gasteiger charge is 2.28. The summed E-state index contributed by atoms with van der Waals surface area (Å²) in [6, 6.07) is 5.94. The molecule has 0 aromatic heterocycles. The zero-order valence-corrected chi connectivity index (χ0v) is 14.9. The molecule has 0 bridgehead atoms. The molecular formula is C18H14F4O4S. The number of benzene rings is 2. The number of aromatic carboxylic acids is 2. The minimum absolute atomic E-state index is 0.00834. The van der Waals surface area contributed by atoms with E-state index >= 15 is 0 Å². The first-order valence-corrected chi connectivity index (χ1v) is 8.31. The summed E-state index contributed by atoms with van der Waals surface area (Å²) in [5, 5.41) is 18.6. The monoisotopic (exact) mass is 402 g/mol. The number of carboxylic acid groups (broad SMARTS) is 2. The van der Waals surface area contributed by atoms with Crippen LogP contribution >= 0.6 is 11.8 Å². The van der Waals surface area contributed by atoms with Crippen LogP contribution in [0.25, 0.3) is 0 Å². The molecule has 0 aliphatic carbocycles. The zero-order chi connectivity index (χ0) is 20.6. The molecule has 2 N–H and O–H groups in total. The Balaban J connectivity index is 2.53. The number of carboxylic acids is 2. The molecule has 0 heterocycles. The molecule has 9 heteroatoms. The van der Waals surface area contributed by atoms with E-state index in [1.807, 2.05) is 0 Å². The molecule has 0 fully saturated rings. The molecule has 0 saturated heterocycles. The standard InChI is InChI=1S/C18H14F4O4S/c1-17(19,20)9-3-5-13(11(7-9)15(23)24)27-14-6-4-10(18(2,21)22)8-12(14)16(25)26/h3-8H,1-2H3,(H,23,24)(H,25,26). The van der Waals surface area contributed by atoms with Gasteiger partial charge >= 0.3 is 11.9 Å². The van der Waals surface area contributed by atoms with Crippen LogP contribution in [0.2, 0.25) is 0 Å². The predicted molar refractivity (Wildman–Crippen MR) is 90.1 cm³/mol. The van der Waals surface area contributed by atoms with E-state index in [1.54, 1.807) is 0 Å². The molecule has 2 aromatic rings. The lowest BCUT2D eigenvalue weighted by Crippen LogP contribution is -2.11. The number of hydrogen-bond acceptors (Lipinski definition) is 3. The Labute approximate surface area is 155 Å². The fraction of sp³-hybridized carbons (Fsp3) is 0.222. The number of rotatable bonds is 6. The van der Waals surface area contributed by atoms with Crippen LogP contribution in [0.4, 0.5) is 17.6 Å². The molecule has 0 radical (unpaired) electrons. The highest BCUT2D eigenvalue weighted by Crippen LogP contribution is 2.38. The van der Waals surface area contributed by atoms with Crippen molar-refractivity contribution in [2.45, 2.75) is 35.5 Å². The molecule has 27 heavy (non-hydrogen) atoms. The Hall–Kier alpha value is -2.55. The average molecular weight is 402 g/mol. The third kappa shape index (κ3) is 4.79. The summed E-state index contributed by atoms with van der Waals surface area (Å²) >= 11 is 0.685. The third-order valence-electron chi connectivity index (χ3n) is 3.65. The molecule has 4 nitrogen and oxygen atoms in total. The smallest absolute Gasteiger partial charge is 0.336 e. The van der Waals surface area contributed by atoms with E-state index < -0.39 is 46.0 Å². The van der Waals surface area contributed by atoms with Crippen LogP contribution in [0.1, 0.15) is 45.7 Å². The number of hydrogen-bond donors (Lipinski definition) is 2. The maximum atomic E-state index is 13.4. The molecule has 144 valence electrons. The topological polar surface area (TPSA) is 74.6 Å². The summed E-state index contributed by atoms with van der Waals surface area (Å²) in [6.45, 7) is 1.24. The van der Waals surface area contributed by atoms with Gasteiger partial charge in [-0.2, -0.15) is 0 Å². The van der Waals surface area contributed by atoms with Crippen molar-refractivity contribution in [1.29, 1.82) is 0 Å². The lowest BCUT2D eigenvalue weighted by molar-refractivity contribution is 0.0166. The molecule has 0 atom stereocenters. The first-order chi connectivity index (χ1) is 12.3. The second kappa shape index (κ2) is 7.22. The van der Waals surface area contributed by atoms with Crippen molar-refractivity contribution >= 4 is 23.7 Å². The number of carbonyl (C=O) groups is 2. The van der Waals surface area contributed by atoms with Gasteiger partial charge in [0.15, 0.2) is 0 Å². The van der Waals surface area contributed by atoms with Gasteiger partial charge in [0.05, 0.1) is 11.1 Å². The Bertz CT molecular complexity index is 828. The molecule has 0 aliphatic rings. The maximum absolute atomic E-state index is 13.4. The fourth-order valence-corrected chi connectivity index (χ4v) is 3.26. The summed E-state index contributed by atoms with van der Waals surface area (Å²) < 4.78 is 53.7. The van der Waals surface area contributed by atoms with E-state index in [2.05, 4.69) is 0 Å². The second-order valence-corrected chi connectivity index (χ2v) is 6.99. The first-order valence-electron chi connectivity index (χ1n) is 7.50. The van der Waals surface area contributed by atoms with E-state index in [1.165, 1.54) is 0 Å². The quantitative estimate of drug-likeness (QED) is 0.628. The van der Waals surface area contributed by atoms with Gasteiger partial charge in [-0.25, -0.2) is 27.2 Å². The molecule has 2 rings (SSSR count). The van der Waals surface area contributed by atoms with E-state index in [9.17, 15) is 37.4 Å². The van der Waals surface area contributed by atoms with E-state index in [0.717, 1.165) is 36.4 Å². The minimum atomic E-state index is -3.26. The Morgan fingerprint density at radius 2 is 1.11 bits per heavy atom. The van der Waals surface area contributed by atoms with Crippen molar-refractivity contribution in [3.63, 3.8) is 0 Å². The van der Waals surface area contributed by atoms with Gasteiger partial charge < -0.3 is 10.2 Å². The molecule has 0 aliphatic heterocycles. The van der Waals surface area contributed by atoms with Crippen LogP contribution in [0.3, 0.4) is 0 Å². The van der Waals surface area contributed by atoms with E-state index in [4.69, 9.17) is 0 Å².